The Morgan fingerprint density at radius 1 is 0.264 bits per heavy atom. The third-order valence-corrected chi connectivity index (χ3v) is 8.97. The van der Waals surface area contributed by atoms with Crippen LogP contribution in [-0.4, -0.2) is 118 Å². The summed E-state index contributed by atoms with van der Waals surface area (Å²) in [6, 6.07) is 0. The van der Waals surface area contributed by atoms with Crippen LogP contribution in [0.15, 0.2) is 0 Å². The molecule has 10 nitrogen and oxygen atoms in total. The molecule has 0 unspecified atom stereocenters. The Balaban J connectivity index is 3.09. The molecular weight excluding hydrogens is 676 g/mol. The van der Waals surface area contributed by atoms with Crippen molar-refractivity contribution in [1.29, 1.82) is 0 Å². The van der Waals surface area contributed by atoms with Gasteiger partial charge >= 0.3 is 5.97 Å². The van der Waals surface area contributed by atoms with Crippen LogP contribution in [0.3, 0.4) is 0 Å². The molecule has 0 aromatic carbocycles. The lowest BCUT2D eigenvalue weighted by atomic mass is 10.0. The van der Waals surface area contributed by atoms with Crippen molar-refractivity contribution in [3.8, 4) is 0 Å². The standard InChI is InChI=1S/C43H86O10/c1-3-5-7-9-11-12-13-14-15-16-17-18-19-20-22-24-26-45-27-28-46-29-30-47-31-32-48-33-34-49-35-36-50-37-38-51-39-40-52-41-42-53-43(44)25-23-21-10-8-6-4-2/h3-42H2,1-2H3. The fraction of sp³-hybridized carbons (Fsp3) is 0.977. The summed E-state index contributed by atoms with van der Waals surface area (Å²) in [5.41, 5.74) is 0. The number of esters is 1. The number of hydrogen-bond donors (Lipinski definition) is 0. The summed E-state index contributed by atoms with van der Waals surface area (Å²) in [5, 5.41) is 0. The number of hydrogen-bond acceptors (Lipinski definition) is 10. The lowest BCUT2D eigenvalue weighted by molar-refractivity contribution is -0.145. The first kappa shape index (κ1) is 52.2. The first-order valence-electron chi connectivity index (χ1n) is 22.1. The predicted molar refractivity (Wildman–Crippen MR) is 215 cm³/mol. The number of carbonyl (C=O) groups excluding carboxylic acids is 1. The van der Waals surface area contributed by atoms with Gasteiger partial charge in [0, 0.05) is 13.0 Å². The zero-order valence-corrected chi connectivity index (χ0v) is 34.9. The monoisotopic (exact) mass is 763 g/mol. The fourth-order valence-electron chi connectivity index (χ4n) is 5.73. The van der Waals surface area contributed by atoms with Crippen molar-refractivity contribution in [2.75, 3.05) is 112 Å². The van der Waals surface area contributed by atoms with E-state index in [-0.39, 0.29) is 5.97 Å². The molecule has 0 rings (SSSR count). The Bertz CT molecular complexity index is 669. The van der Waals surface area contributed by atoms with Gasteiger partial charge in [0.25, 0.3) is 0 Å². The second kappa shape index (κ2) is 49.2. The normalized spacial score (nSPS) is 11.5. The Hall–Kier alpha value is -0.850. The van der Waals surface area contributed by atoms with E-state index in [0.29, 0.717) is 112 Å². The van der Waals surface area contributed by atoms with Gasteiger partial charge in [0.05, 0.1) is 99.1 Å². The van der Waals surface area contributed by atoms with Crippen molar-refractivity contribution < 1.29 is 47.4 Å². The highest BCUT2D eigenvalue weighted by molar-refractivity contribution is 5.69. The van der Waals surface area contributed by atoms with Gasteiger partial charge in [0.1, 0.15) is 6.61 Å². The third kappa shape index (κ3) is 49.1. The van der Waals surface area contributed by atoms with Crippen LogP contribution in [0, 0.1) is 0 Å². The molecule has 0 aliphatic heterocycles. The van der Waals surface area contributed by atoms with Crippen LogP contribution in [-0.2, 0) is 47.4 Å². The highest BCUT2D eigenvalue weighted by Crippen LogP contribution is 2.14. The van der Waals surface area contributed by atoms with Gasteiger partial charge in [-0.15, -0.1) is 0 Å². The number of ether oxygens (including phenoxy) is 9. The molecule has 0 saturated heterocycles. The Morgan fingerprint density at radius 3 is 0.792 bits per heavy atom. The van der Waals surface area contributed by atoms with Gasteiger partial charge in [-0.25, -0.2) is 0 Å². The summed E-state index contributed by atoms with van der Waals surface area (Å²) < 4.78 is 49.5. The molecule has 53 heavy (non-hydrogen) atoms. The van der Waals surface area contributed by atoms with Gasteiger partial charge in [0.15, 0.2) is 0 Å². The molecule has 0 aromatic heterocycles. The quantitative estimate of drug-likeness (QED) is 0.0440. The van der Waals surface area contributed by atoms with Crippen LogP contribution in [0.25, 0.3) is 0 Å². The molecule has 0 saturated carbocycles. The largest absolute Gasteiger partial charge is 0.463 e. The number of unbranched alkanes of at least 4 members (excludes halogenated alkanes) is 20. The highest BCUT2D eigenvalue weighted by Gasteiger charge is 2.03. The zero-order valence-electron chi connectivity index (χ0n) is 34.9. The van der Waals surface area contributed by atoms with Gasteiger partial charge in [-0.05, 0) is 12.8 Å². The number of rotatable bonds is 48. The lowest BCUT2D eigenvalue weighted by Gasteiger charge is -2.09. The van der Waals surface area contributed by atoms with Gasteiger partial charge < -0.3 is 42.6 Å². The van der Waals surface area contributed by atoms with E-state index >= 15 is 0 Å². The third-order valence-electron chi connectivity index (χ3n) is 8.97. The minimum Gasteiger partial charge on any atom is -0.463 e. The second-order valence-corrected chi connectivity index (χ2v) is 13.9. The van der Waals surface area contributed by atoms with Crippen LogP contribution in [0.1, 0.15) is 162 Å². The van der Waals surface area contributed by atoms with E-state index in [1.54, 1.807) is 0 Å². The van der Waals surface area contributed by atoms with E-state index in [4.69, 9.17) is 42.6 Å². The van der Waals surface area contributed by atoms with E-state index in [1.807, 2.05) is 0 Å². The maximum Gasteiger partial charge on any atom is 0.305 e. The molecule has 0 atom stereocenters. The molecule has 0 amide bonds. The molecule has 0 aliphatic carbocycles. The highest BCUT2D eigenvalue weighted by atomic mass is 16.6. The summed E-state index contributed by atoms with van der Waals surface area (Å²) in [4.78, 5) is 11.7. The predicted octanol–water partition coefficient (Wildman–Crippen LogP) is 9.67. The fourth-order valence-corrected chi connectivity index (χ4v) is 5.73. The molecule has 10 heteroatoms. The lowest BCUT2D eigenvalue weighted by Crippen LogP contribution is -2.15. The van der Waals surface area contributed by atoms with Gasteiger partial charge in [-0.1, -0.05) is 142 Å². The van der Waals surface area contributed by atoms with Crippen LogP contribution < -0.4 is 0 Å². The molecule has 0 N–H and O–H groups in total. The molecule has 0 fully saturated rings. The molecule has 0 bridgehead atoms. The molecule has 0 radical (unpaired) electrons. The first-order chi connectivity index (χ1) is 26.3. The van der Waals surface area contributed by atoms with Crippen molar-refractivity contribution in [2.24, 2.45) is 0 Å². The summed E-state index contributed by atoms with van der Waals surface area (Å²) >= 11 is 0. The van der Waals surface area contributed by atoms with E-state index in [9.17, 15) is 4.79 Å². The maximum absolute atomic E-state index is 11.7. The smallest absolute Gasteiger partial charge is 0.305 e. The molecule has 318 valence electrons. The summed E-state index contributed by atoms with van der Waals surface area (Å²) in [7, 11) is 0. The van der Waals surface area contributed by atoms with E-state index in [2.05, 4.69) is 13.8 Å². The minimum atomic E-state index is -0.136. The van der Waals surface area contributed by atoms with Crippen molar-refractivity contribution in [1.82, 2.24) is 0 Å². The topological polar surface area (TPSA) is 100 Å². The second-order valence-electron chi connectivity index (χ2n) is 13.9. The van der Waals surface area contributed by atoms with Crippen LogP contribution >= 0.6 is 0 Å². The van der Waals surface area contributed by atoms with Crippen molar-refractivity contribution >= 4 is 5.97 Å². The maximum atomic E-state index is 11.7. The average Bonchev–Trinajstić information content (AvgIpc) is 3.16. The summed E-state index contributed by atoms with van der Waals surface area (Å²) in [5.74, 6) is -0.136. The van der Waals surface area contributed by atoms with Crippen LogP contribution in [0.5, 0.6) is 0 Å². The Morgan fingerprint density at radius 2 is 0.491 bits per heavy atom. The Kier molecular flexibility index (Phi) is 48.4. The van der Waals surface area contributed by atoms with Crippen molar-refractivity contribution in [3.05, 3.63) is 0 Å². The summed E-state index contributed by atoms with van der Waals surface area (Å²) in [6.45, 7) is 13.5. The summed E-state index contributed by atoms with van der Waals surface area (Å²) in [6.07, 6.45) is 29.7. The van der Waals surface area contributed by atoms with Crippen LogP contribution in [0.2, 0.25) is 0 Å². The molecule has 0 aliphatic rings. The molecular formula is C43H86O10. The van der Waals surface area contributed by atoms with Gasteiger partial charge in [0.2, 0.25) is 0 Å². The molecule has 0 aromatic rings. The van der Waals surface area contributed by atoms with Crippen LogP contribution in [0.4, 0.5) is 0 Å². The van der Waals surface area contributed by atoms with Crippen molar-refractivity contribution in [2.45, 2.75) is 162 Å². The van der Waals surface area contributed by atoms with E-state index in [1.165, 1.54) is 122 Å². The van der Waals surface area contributed by atoms with E-state index < -0.39 is 0 Å². The zero-order chi connectivity index (χ0) is 38.2. The van der Waals surface area contributed by atoms with Gasteiger partial charge in [-0.2, -0.15) is 0 Å². The minimum absolute atomic E-state index is 0.136. The first-order valence-corrected chi connectivity index (χ1v) is 22.1. The molecule has 0 spiro atoms. The Labute approximate surface area is 326 Å². The number of carbonyl (C=O) groups is 1. The SMILES string of the molecule is CCCCCCCCCCCCCCCCCCOCCOCCOCCOCCOCCOCCOCCOCCOC(=O)CCCCCCCC. The average molecular weight is 763 g/mol. The van der Waals surface area contributed by atoms with E-state index in [0.717, 1.165) is 25.9 Å². The molecule has 0 heterocycles. The van der Waals surface area contributed by atoms with Gasteiger partial charge in [-0.3, -0.25) is 4.79 Å². The van der Waals surface area contributed by atoms with Crippen molar-refractivity contribution in [3.63, 3.8) is 0 Å².